The van der Waals surface area contributed by atoms with Crippen LogP contribution in [0.25, 0.3) is 0 Å². The summed E-state index contributed by atoms with van der Waals surface area (Å²) in [4.78, 5) is 0. The number of nitrogens with one attached hydrogen (secondary N) is 1. The zero-order valence-corrected chi connectivity index (χ0v) is 13.9. The maximum absolute atomic E-state index is 6.05. The van der Waals surface area contributed by atoms with Crippen LogP contribution in [0.2, 0.25) is 0 Å². The summed E-state index contributed by atoms with van der Waals surface area (Å²) in [6, 6.07) is 3.95. The molecule has 0 bridgehead atoms. The predicted molar refractivity (Wildman–Crippen MR) is 85.2 cm³/mol. The Balaban J connectivity index is 1.88. The highest BCUT2D eigenvalue weighted by molar-refractivity contribution is 5.12. The van der Waals surface area contributed by atoms with E-state index in [2.05, 4.69) is 43.2 Å². The predicted octanol–water partition coefficient (Wildman–Crippen LogP) is 3.57. The van der Waals surface area contributed by atoms with Crippen LogP contribution in [0.4, 0.5) is 0 Å². The molecule has 0 saturated heterocycles. The standard InChI is InChI=1S/C17H29N3O/c1-5-8-18-12-14-6-7-16(20-19-14)21-15-9-13(2)10-17(3,4)11-15/h6-7,13,15,18H,5,8-12H2,1-4H3. The Kier molecular flexibility index (Phi) is 5.57. The van der Waals surface area contributed by atoms with Crippen molar-refractivity contribution < 1.29 is 4.74 Å². The number of ether oxygens (including phenoxy) is 1. The molecule has 4 nitrogen and oxygen atoms in total. The summed E-state index contributed by atoms with van der Waals surface area (Å²) in [6.45, 7) is 10.9. The van der Waals surface area contributed by atoms with Gasteiger partial charge >= 0.3 is 0 Å². The van der Waals surface area contributed by atoms with Crippen LogP contribution in [0.15, 0.2) is 12.1 Å². The summed E-state index contributed by atoms with van der Waals surface area (Å²) in [5.74, 6) is 1.37. The lowest BCUT2D eigenvalue weighted by molar-refractivity contribution is 0.0525. The quantitative estimate of drug-likeness (QED) is 0.814. The van der Waals surface area contributed by atoms with Crippen molar-refractivity contribution in [2.75, 3.05) is 6.54 Å². The Hall–Kier alpha value is -1.16. The Bertz CT molecular complexity index is 430. The lowest BCUT2D eigenvalue weighted by atomic mass is 9.71. The van der Waals surface area contributed by atoms with Gasteiger partial charge in [-0.3, -0.25) is 0 Å². The average Bonchev–Trinajstić information content (AvgIpc) is 2.38. The van der Waals surface area contributed by atoms with Crippen LogP contribution < -0.4 is 10.1 Å². The van der Waals surface area contributed by atoms with Crippen LogP contribution in [-0.2, 0) is 6.54 Å². The Morgan fingerprint density at radius 2 is 2.10 bits per heavy atom. The Morgan fingerprint density at radius 1 is 1.29 bits per heavy atom. The number of hydrogen-bond donors (Lipinski definition) is 1. The van der Waals surface area contributed by atoms with Gasteiger partial charge in [0.1, 0.15) is 6.10 Å². The Labute approximate surface area is 128 Å². The third-order valence-electron chi connectivity index (χ3n) is 4.06. The van der Waals surface area contributed by atoms with Crippen molar-refractivity contribution in [3.05, 3.63) is 17.8 Å². The SMILES string of the molecule is CCCNCc1ccc(OC2CC(C)CC(C)(C)C2)nn1. The number of rotatable bonds is 6. The van der Waals surface area contributed by atoms with E-state index in [-0.39, 0.29) is 6.10 Å². The van der Waals surface area contributed by atoms with Gasteiger partial charge in [0.05, 0.1) is 5.69 Å². The third-order valence-corrected chi connectivity index (χ3v) is 4.06. The molecule has 0 aliphatic heterocycles. The minimum absolute atomic E-state index is 0.266. The number of hydrogen-bond acceptors (Lipinski definition) is 4. The Morgan fingerprint density at radius 3 is 2.71 bits per heavy atom. The van der Waals surface area contributed by atoms with Gasteiger partial charge in [-0.05, 0) is 49.6 Å². The fourth-order valence-corrected chi connectivity index (χ4v) is 3.42. The van der Waals surface area contributed by atoms with Crippen LogP contribution in [0, 0.1) is 11.3 Å². The minimum atomic E-state index is 0.266. The molecule has 118 valence electrons. The smallest absolute Gasteiger partial charge is 0.233 e. The van der Waals surface area contributed by atoms with Gasteiger partial charge in [-0.2, -0.15) is 5.10 Å². The molecule has 21 heavy (non-hydrogen) atoms. The largest absolute Gasteiger partial charge is 0.473 e. The molecule has 0 radical (unpaired) electrons. The molecular formula is C17H29N3O. The first kappa shape index (κ1) is 16.2. The average molecular weight is 291 g/mol. The highest BCUT2D eigenvalue weighted by Gasteiger charge is 2.33. The van der Waals surface area contributed by atoms with Gasteiger partial charge in [0.15, 0.2) is 0 Å². The second-order valence-electron chi connectivity index (χ2n) is 7.19. The lowest BCUT2D eigenvalue weighted by Crippen LogP contribution is -2.34. The van der Waals surface area contributed by atoms with E-state index in [4.69, 9.17) is 4.74 Å². The number of aromatic nitrogens is 2. The zero-order valence-electron chi connectivity index (χ0n) is 13.9. The topological polar surface area (TPSA) is 47.0 Å². The van der Waals surface area contributed by atoms with Gasteiger partial charge in [0, 0.05) is 12.6 Å². The van der Waals surface area contributed by atoms with Crippen molar-refractivity contribution in [3.8, 4) is 5.88 Å². The molecule has 4 heteroatoms. The van der Waals surface area contributed by atoms with Crippen LogP contribution >= 0.6 is 0 Å². The molecule has 1 N–H and O–H groups in total. The maximum atomic E-state index is 6.05. The molecule has 0 amide bonds. The molecule has 1 saturated carbocycles. The molecule has 1 aliphatic rings. The van der Waals surface area contributed by atoms with Gasteiger partial charge in [-0.15, -0.1) is 5.10 Å². The monoisotopic (exact) mass is 291 g/mol. The summed E-state index contributed by atoms with van der Waals surface area (Å²) >= 11 is 0. The fraction of sp³-hybridized carbons (Fsp3) is 0.765. The second-order valence-corrected chi connectivity index (χ2v) is 7.19. The molecule has 2 rings (SSSR count). The number of nitrogens with zero attached hydrogens (tertiary/aromatic N) is 2. The fourth-order valence-electron chi connectivity index (χ4n) is 3.42. The highest BCUT2D eigenvalue weighted by atomic mass is 16.5. The molecule has 0 spiro atoms. The normalized spacial score (nSPS) is 24.8. The zero-order chi connectivity index (χ0) is 15.3. The van der Waals surface area contributed by atoms with Crippen molar-refractivity contribution in [3.63, 3.8) is 0 Å². The first-order chi connectivity index (χ1) is 9.98. The van der Waals surface area contributed by atoms with Gasteiger partial charge in [0.2, 0.25) is 5.88 Å². The molecule has 1 aromatic heterocycles. The van der Waals surface area contributed by atoms with E-state index in [1.807, 2.05) is 12.1 Å². The van der Waals surface area contributed by atoms with Gasteiger partial charge in [-0.25, -0.2) is 0 Å². The van der Waals surface area contributed by atoms with E-state index in [9.17, 15) is 0 Å². The van der Waals surface area contributed by atoms with E-state index < -0.39 is 0 Å². The maximum Gasteiger partial charge on any atom is 0.233 e. The summed E-state index contributed by atoms with van der Waals surface area (Å²) < 4.78 is 6.05. The second kappa shape index (κ2) is 7.21. The van der Waals surface area contributed by atoms with Gasteiger partial charge in [-0.1, -0.05) is 27.7 Å². The van der Waals surface area contributed by atoms with E-state index >= 15 is 0 Å². The summed E-state index contributed by atoms with van der Waals surface area (Å²) in [5, 5.41) is 11.8. The van der Waals surface area contributed by atoms with Crippen LogP contribution in [0.3, 0.4) is 0 Å². The van der Waals surface area contributed by atoms with Crippen LogP contribution in [-0.4, -0.2) is 22.8 Å². The molecule has 1 aromatic rings. The van der Waals surface area contributed by atoms with Crippen LogP contribution in [0.5, 0.6) is 5.88 Å². The van der Waals surface area contributed by atoms with E-state index in [0.717, 1.165) is 38.0 Å². The highest BCUT2D eigenvalue weighted by Crippen LogP contribution is 2.39. The molecular weight excluding hydrogens is 262 g/mol. The van der Waals surface area contributed by atoms with Crippen molar-refractivity contribution in [1.29, 1.82) is 0 Å². The summed E-state index contributed by atoms with van der Waals surface area (Å²) in [7, 11) is 0. The molecule has 1 fully saturated rings. The lowest BCUT2D eigenvalue weighted by Gasteiger charge is -2.38. The van der Waals surface area contributed by atoms with E-state index in [1.54, 1.807) is 0 Å². The summed E-state index contributed by atoms with van der Waals surface area (Å²) in [5.41, 5.74) is 1.33. The molecule has 1 heterocycles. The first-order valence-corrected chi connectivity index (χ1v) is 8.18. The molecule has 2 atom stereocenters. The van der Waals surface area contributed by atoms with Gasteiger partial charge in [0.25, 0.3) is 0 Å². The van der Waals surface area contributed by atoms with Crippen molar-refractivity contribution in [2.45, 2.75) is 66.0 Å². The summed E-state index contributed by atoms with van der Waals surface area (Å²) in [6.07, 6.45) is 4.89. The van der Waals surface area contributed by atoms with Crippen molar-refractivity contribution in [2.24, 2.45) is 11.3 Å². The first-order valence-electron chi connectivity index (χ1n) is 8.18. The third kappa shape index (κ3) is 5.27. The van der Waals surface area contributed by atoms with Crippen molar-refractivity contribution >= 4 is 0 Å². The van der Waals surface area contributed by atoms with Crippen LogP contribution in [0.1, 0.15) is 59.1 Å². The molecule has 1 aliphatic carbocycles. The van der Waals surface area contributed by atoms with Crippen molar-refractivity contribution in [1.82, 2.24) is 15.5 Å². The van der Waals surface area contributed by atoms with E-state index in [0.29, 0.717) is 17.2 Å². The molecule has 0 aromatic carbocycles. The minimum Gasteiger partial charge on any atom is -0.473 e. The van der Waals surface area contributed by atoms with Gasteiger partial charge < -0.3 is 10.1 Å². The van der Waals surface area contributed by atoms with E-state index in [1.165, 1.54) is 6.42 Å². The molecule has 2 unspecified atom stereocenters.